The number of anilines is 1. The minimum absolute atomic E-state index is 0.0491. The molecule has 0 radical (unpaired) electrons. The fourth-order valence-electron chi connectivity index (χ4n) is 7.67. The van der Waals surface area contributed by atoms with Crippen LogP contribution in [0.4, 0.5) is 5.82 Å². The molecule has 0 N–H and O–H groups in total. The topological polar surface area (TPSA) is 78.2 Å². The summed E-state index contributed by atoms with van der Waals surface area (Å²) in [6, 6.07) is 38.5. The SMILES string of the molecule is C[C@@H]1COCCN1c1cc2ncccc2c(OC2CCC(c3nncn3C(c3ccccc3)(c3ccccc3)c3ccccc3)CC2)n1. The number of morpholine rings is 1. The zero-order chi connectivity index (χ0) is 32.3. The van der Waals surface area contributed by atoms with E-state index in [2.05, 4.69) is 130 Å². The van der Waals surface area contributed by atoms with Gasteiger partial charge in [-0.3, -0.25) is 9.55 Å². The van der Waals surface area contributed by atoms with Gasteiger partial charge < -0.3 is 14.4 Å². The molecule has 3 aromatic heterocycles. The van der Waals surface area contributed by atoms with Crippen LogP contribution in [0, 0.1) is 0 Å². The highest BCUT2D eigenvalue weighted by Gasteiger charge is 2.42. The van der Waals surface area contributed by atoms with E-state index < -0.39 is 5.54 Å². The van der Waals surface area contributed by atoms with Crippen molar-refractivity contribution in [3.63, 3.8) is 0 Å². The highest BCUT2D eigenvalue weighted by Crippen LogP contribution is 2.44. The molecule has 1 saturated heterocycles. The van der Waals surface area contributed by atoms with Crippen LogP contribution in [0.25, 0.3) is 10.9 Å². The summed E-state index contributed by atoms with van der Waals surface area (Å²) in [7, 11) is 0. The summed E-state index contributed by atoms with van der Waals surface area (Å²) in [6.07, 6.45) is 7.48. The van der Waals surface area contributed by atoms with E-state index in [1.165, 1.54) is 16.7 Å². The second-order valence-electron chi connectivity index (χ2n) is 12.9. The summed E-state index contributed by atoms with van der Waals surface area (Å²) in [6.45, 7) is 4.35. The fourth-order valence-corrected chi connectivity index (χ4v) is 7.67. The van der Waals surface area contributed by atoms with Crippen molar-refractivity contribution in [1.29, 1.82) is 0 Å². The van der Waals surface area contributed by atoms with Gasteiger partial charge in [-0.1, -0.05) is 91.0 Å². The molecule has 8 rings (SSSR count). The molecule has 8 nitrogen and oxygen atoms in total. The molecule has 1 aliphatic heterocycles. The molecule has 2 aliphatic rings. The molecule has 2 fully saturated rings. The Morgan fingerprint density at radius 3 is 2.06 bits per heavy atom. The Morgan fingerprint density at radius 2 is 1.44 bits per heavy atom. The molecule has 0 unspecified atom stereocenters. The number of nitrogens with zero attached hydrogens (tertiary/aromatic N) is 6. The third kappa shape index (κ3) is 5.50. The van der Waals surface area contributed by atoms with Gasteiger partial charge in [0.25, 0.3) is 0 Å². The minimum Gasteiger partial charge on any atom is -0.474 e. The van der Waals surface area contributed by atoms with E-state index >= 15 is 0 Å². The molecule has 3 aromatic carbocycles. The molecule has 48 heavy (non-hydrogen) atoms. The molecule has 1 atom stereocenters. The van der Waals surface area contributed by atoms with Gasteiger partial charge in [0.15, 0.2) is 0 Å². The van der Waals surface area contributed by atoms with Gasteiger partial charge in [-0.2, -0.15) is 4.98 Å². The lowest BCUT2D eigenvalue weighted by Crippen LogP contribution is -2.44. The number of hydrogen-bond acceptors (Lipinski definition) is 7. The molecular formula is C40H40N6O2. The lowest BCUT2D eigenvalue weighted by Gasteiger charge is -2.39. The largest absolute Gasteiger partial charge is 0.474 e. The monoisotopic (exact) mass is 636 g/mol. The lowest BCUT2D eigenvalue weighted by molar-refractivity contribution is 0.0982. The van der Waals surface area contributed by atoms with E-state index in [9.17, 15) is 0 Å². The van der Waals surface area contributed by atoms with E-state index in [-0.39, 0.29) is 18.1 Å². The van der Waals surface area contributed by atoms with Crippen molar-refractivity contribution in [2.45, 2.75) is 56.2 Å². The normalized spacial score (nSPS) is 20.1. The van der Waals surface area contributed by atoms with E-state index in [0.29, 0.717) is 19.1 Å². The van der Waals surface area contributed by atoms with Crippen LogP contribution in [0.2, 0.25) is 0 Å². The quantitative estimate of drug-likeness (QED) is 0.161. The van der Waals surface area contributed by atoms with Crippen LogP contribution in [0.15, 0.2) is 122 Å². The number of rotatable bonds is 8. The average molecular weight is 637 g/mol. The van der Waals surface area contributed by atoms with Gasteiger partial charge in [0.2, 0.25) is 5.88 Å². The zero-order valence-electron chi connectivity index (χ0n) is 27.2. The Kier molecular flexibility index (Phi) is 8.32. The molecule has 1 saturated carbocycles. The van der Waals surface area contributed by atoms with Crippen molar-refractivity contribution in [1.82, 2.24) is 24.7 Å². The van der Waals surface area contributed by atoms with Crippen LogP contribution in [0.3, 0.4) is 0 Å². The van der Waals surface area contributed by atoms with Crippen molar-refractivity contribution in [3.05, 3.63) is 144 Å². The van der Waals surface area contributed by atoms with E-state index in [0.717, 1.165) is 54.8 Å². The van der Waals surface area contributed by atoms with Crippen molar-refractivity contribution in [3.8, 4) is 5.88 Å². The number of benzene rings is 3. The van der Waals surface area contributed by atoms with Crippen molar-refractivity contribution in [2.75, 3.05) is 24.7 Å². The van der Waals surface area contributed by atoms with Crippen molar-refractivity contribution < 1.29 is 9.47 Å². The van der Waals surface area contributed by atoms with Gasteiger partial charge in [-0.05, 0) is 61.4 Å². The summed E-state index contributed by atoms with van der Waals surface area (Å²) in [5.41, 5.74) is 3.77. The number of pyridine rings is 2. The highest BCUT2D eigenvalue weighted by molar-refractivity contribution is 5.85. The molecule has 8 heteroatoms. The standard InChI is InChI=1S/C40H40N6O2/c1-29-27-47-25-24-45(29)37-26-36-35(18-11-23-41-36)39(43-37)48-34-21-19-30(20-22-34)38-44-42-28-46(38)40(31-12-5-2-6-13-31,32-14-7-3-8-15-32)33-16-9-4-10-17-33/h2-18,23,26,28-30,34H,19-22,24-25,27H2,1H3/t29-,30?,34?/m1/s1. The summed E-state index contributed by atoms with van der Waals surface area (Å²) in [5.74, 6) is 2.79. The van der Waals surface area contributed by atoms with Crippen LogP contribution in [-0.2, 0) is 10.3 Å². The molecule has 0 bridgehead atoms. The minimum atomic E-state index is -0.636. The molecule has 4 heterocycles. The van der Waals surface area contributed by atoms with E-state index in [1.54, 1.807) is 0 Å². The Hall–Kier alpha value is -5.08. The van der Waals surface area contributed by atoms with Crippen molar-refractivity contribution >= 4 is 16.7 Å². The molecule has 0 amide bonds. The number of aromatic nitrogens is 5. The molecule has 0 spiro atoms. The summed E-state index contributed by atoms with van der Waals surface area (Å²) in [4.78, 5) is 12.0. The highest BCUT2D eigenvalue weighted by atomic mass is 16.5. The third-order valence-electron chi connectivity index (χ3n) is 10.0. The average Bonchev–Trinajstić information content (AvgIpc) is 3.64. The number of hydrogen-bond donors (Lipinski definition) is 0. The first-order valence-corrected chi connectivity index (χ1v) is 17.1. The number of ether oxygens (including phenoxy) is 2. The second-order valence-corrected chi connectivity index (χ2v) is 12.9. The van der Waals surface area contributed by atoms with Gasteiger partial charge in [0, 0.05) is 24.7 Å². The Labute approximate surface area is 281 Å². The molecule has 242 valence electrons. The maximum absolute atomic E-state index is 6.75. The first-order valence-electron chi connectivity index (χ1n) is 17.1. The molecule has 1 aliphatic carbocycles. The number of fused-ring (bicyclic) bond motifs is 1. The van der Waals surface area contributed by atoms with Gasteiger partial charge >= 0.3 is 0 Å². The van der Waals surface area contributed by atoms with Crippen LogP contribution >= 0.6 is 0 Å². The predicted octanol–water partition coefficient (Wildman–Crippen LogP) is 7.39. The van der Waals surface area contributed by atoms with Crippen LogP contribution in [-0.4, -0.2) is 56.6 Å². The first kappa shape index (κ1) is 30.3. The Bertz CT molecular complexity index is 1860. The van der Waals surface area contributed by atoms with Gasteiger partial charge in [0.05, 0.1) is 30.2 Å². The molecular weight excluding hydrogens is 596 g/mol. The lowest BCUT2D eigenvalue weighted by atomic mass is 9.76. The first-order chi connectivity index (χ1) is 23.7. The molecule has 6 aromatic rings. The predicted molar refractivity (Wildman–Crippen MR) is 187 cm³/mol. The second kappa shape index (κ2) is 13.2. The summed E-state index contributed by atoms with van der Waals surface area (Å²) < 4.78 is 14.8. The smallest absolute Gasteiger partial charge is 0.225 e. The van der Waals surface area contributed by atoms with E-state index in [4.69, 9.17) is 19.6 Å². The van der Waals surface area contributed by atoms with Crippen LogP contribution in [0.5, 0.6) is 5.88 Å². The third-order valence-corrected chi connectivity index (χ3v) is 10.0. The maximum Gasteiger partial charge on any atom is 0.225 e. The Balaban J connectivity index is 1.11. The van der Waals surface area contributed by atoms with Crippen LogP contribution in [0.1, 0.15) is 61.0 Å². The zero-order valence-corrected chi connectivity index (χ0v) is 27.2. The summed E-state index contributed by atoms with van der Waals surface area (Å²) >= 11 is 0. The Morgan fingerprint density at radius 1 is 0.792 bits per heavy atom. The fraction of sp³-hybridized carbons (Fsp3) is 0.300. The van der Waals surface area contributed by atoms with Crippen LogP contribution < -0.4 is 9.64 Å². The van der Waals surface area contributed by atoms with Gasteiger partial charge in [-0.15, -0.1) is 10.2 Å². The maximum atomic E-state index is 6.75. The van der Waals surface area contributed by atoms with Gasteiger partial charge in [0.1, 0.15) is 29.6 Å². The summed E-state index contributed by atoms with van der Waals surface area (Å²) in [5, 5.41) is 10.4. The van der Waals surface area contributed by atoms with E-state index in [1.807, 2.05) is 18.6 Å². The van der Waals surface area contributed by atoms with Crippen molar-refractivity contribution in [2.24, 2.45) is 0 Å². The van der Waals surface area contributed by atoms with Gasteiger partial charge in [-0.25, -0.2) is 0 Å².